The van der Waals surface area contributed by atoms with Crippen LogP contribution in [0.1, 0.15) is 65.6 Å². The van der Waals surface area contributed by atoms with E-state index in [0.29, 0.717) is 28.5 Å². The molecule has 0 radical (unpaired) electrons. The van der Waals surface area contributed by atoms with Crippen LogP contribution in [-0.2, 0) is 0 Å². The molecule has 0 saturated heterocycles. The third-order valence-corrected chi connectivity index (χ3v) is 7.84. The highest BCUT2D eigenvalue weighted by Crippen LogP contribution is 2.75. The number of H-pyrrole nitrogens is 1. The highest BCUT2D eigenvalue weighted by Gasteiger charge is 2.66. The van der Waals surface area contributed by atoms with Gasteiger partial charge in [0.2, 0.25) is 5.43 Å². The van der Waals surface area contributed by atoms with Crippen molar-refractivity contribution >= 4 is 11.6 Å². The van der Waals surface area contributed by atoms with E-state index < -0.39 is 0 Å². The number of hydrogen-bond acceptors (Lipinski definition) is 2. The van der Waals surface area contributed by atoms with Crippen LogP contribution in [0, 0.1) is 17.3 Å². The zero-order valence-corrected chi connectivity index (χ0v) is 14.6. The Morgan fingerprint density at radius 1 is 1.04 bits per heavy atom. The number of benzene rings is 1. The molecule has 1 amide bonds. The van der Waals surface area contributed by atoms with E-state index in [-0.39, 0.29) is 11.3 Å². The zero-order valence-electron chi connectivity index (χ0n) is 14.6. The monoisotopic (exact) mass is 346 g/mol. The summed E-state index contributed by atoms with van der Waals surface area (Å²) in [7, 11) is 0. The lowest BCUT2D eigenvalue weighted by Gasteiger charge is -2.48. The maximum absolute atomic E-state index is 13.3. The van der Waals surface area contributed by atoms with Crippen molar-refractivity contribution in [2.45, 2.75) is 43.9 Å². The fourth-order valence-corrected chi connectivity index (χ4v) is 6.79. The fraction of sp³-hybridized carbons (Fsp3) is 0.455. The molecule has 3 bridgehead atoms. The lowest BCUT2D eigenvalue weighted by molar-refractivity contribution is 0.00321. The first-order chi connectivity index (χ1) is 12.7. The maximum Gasteiger partial charge on any atom is 0.255 e. The summed E-state index contributed by atoms with van der Waals surface area (Å²) >= 11 is 0. The van der Waals surface area contributed by atoms with Gasteiger partial charge in [-0.25, -0.2) is 0 Å². The van der Waals surface area contributed by atoms with Crippen molar-refractivity contribution in [1.29, 1.82) is 0 Å². The standard InChI is InChI=1S/C22H22N2O2/c25-20-17(24-21(26)12-4-2-1-3-5-12)11-23-19-14-7-16-8-15-6-13(18(19)20)9-22(15,16)10-14/h1-5,11,13-16H,6-10H2,(H,23,25)(H,24,26). The third kappa shape index (κ3) is 1.75. The van der Waals surface area contributed by atoms with Crippen LogP contribution >= 0.6 is 0 Å². The molecule has 0 aliphatic heterocycles. The van der Waals surface area contributed by atoms with Gasteiger partial charge in [-0.15, -0.1) is 0 Å². The maximum atomic E-state index is 13.3. The molecule has 4 aliphatic rings. The molecule has 4 heteroatoms. The Labute approximate surface area is 152 Å². The zero-order chi connectivity index (χ0) is 17.5. The number of hydrogen-bond donors (Lipinski definition) is 2. The van der Waals surface area contributed by atoms with Crippen LogP contribution in [0.4, 0.5) is 5.69 Å². The Kier molecular flexibility index (Phi) is 2.77. The van der Waals surface area contributed by atoms with E-state index in [1.54, 1.807) is 18.3 Å². The van der Waals surface area contributed by atoms with Gasteiger partial charge in [0.05, 0.1) is 0 Å². The summed E-state index contributed by atoms with van der Waals surface area (Å²) in [5, 5.41) is 2.84. The molecule has 2 N–H and O–H groups in total. The molecule has 1 aromatic carbocycles. The molecule has 132 valence electrons. The molecule has 1 spiro atoms. The number of aromatic amines is 1. The minimum Gasteiger partial charge on any atom is -0.362 e. The van der Waals surface area contributed by atoms with E-state index in [2.05, 4.69) is 10.3 Å². The molecule has 1 heterocycles. The van der Waals surface area contributed by atoms with Crippen LogP contribution in [0.3, 0.4) is 0 Å². The lowest BCUT2D eigenvalue weighted by Crippen LogP contribution is -2.41. The van der Waals surface area contributed by atoms with Crippen LogP contribution in [0.2, 0.25) is 0 Å². The number of anilines is 1. The minimum absolute atomic E-state index is 0.0369. The Balaban J connectivity index is 1.40. The first-order valence-corrected chi connectivity index (χ1v) is 9.77. The normalized spacial score (nSPS) is 35.4. The number of fused-ring (bicyclic) bond motifs is 5. The summed E-state index contributed by atoms with van der Waals surface area (Å²) in [6.45, 7) is 0. The molecule has 2 aromatic rings. The largest absolute Gasteiger partial charge is 0.362 e. The van der Waals surface area contributed by atoms with Crippen LogP contribution in [0.5, 0.6) is 0 Å². The predicted molar refractivity (Wildman–Crippen MR) is 99.4 cm³/mol. The van der Waals surface area contributed by atoms with Crippen LogP contribution in [-0.4, -0.2) is 10.9 Å². The van der Waals surface area contributed by atoms with Crippen LogP contribution in [0.25, 0.3) is 0 Å². The summed E-state index contributed by atoms with van der Waals surface area (Å²) < 4.78 is 0. The van der Waals surface area contributed by atoms with Crippen molar-refractivity contribution < 1.29 is 4.79 Å². The summed E-state index contributed by atoms with van der Waals surface area (Å²) in [6, 6.07) is 9.07. The molecule has 5 atom stereocenters. The average Bonchev–Trinajstić information content (AvgIpc) is 3.06. The molecule has 4 aliphatic carbocycles. The second-order valence-corrected chi connectivity index (χ2v) is 8.82. The number of rotatable bonds is 2. The Bertz CT molecular complexity index is 979. The van der Waals surface area contributed by atoms with Crippen molar-refractivity contribution in [1.82, 2.24) is 4.98 Å². The van der Waals surface area contributed by atoms with Crippen molar-refractivity contribution in [3.63, 3.8) is 0 Å². The SMILES string of the molecule is O=C(Nc1c[nH]c2c(c1=O)C1CC3CC4CC2CC43C1)c1ccccc1. The van der Waals surface area contributed by atoms with E-state index >= 15 is 0 Å². The number of nitrogens with one attached hydrogen (secondary N) is 2. The van der Waals surface area contributed by atoms with Gasteiger partial charge in [0.25, 0.3) is 5.91 Å². The molecule has 3 saturated carbocycles. The lowest BCUT2D eigenvalue weighted by atomic mass is 9.56. The highest BCUT2D eigenvalue weighted by molar-refractivity contribution is 6.04. The molecule has 4 nitrogen and oxygen atoms in total. The van der Waals surface area contributed by atoms with E-state index in [1.165, 1.54) is 31.4 Å². The first-order valence-electron chi connectivity index (χ1n) is 9.77. The number of pyridine rings is 1. The Morgan fingerprint density at radius 3 is 2.58 bits per heavy atom. The van der Waals surface area contributed by atoms with Crippen molar-refractivity contribution in [3.05, 3.63) is 63.6 Å². The van der Waals surface area contributed by atoms with Gasteiger partial charge in [-0.2, -0.15) is 0 Å². The molecule has 3 fully saturated rings. The van der Waals surface area contributed by atoms with E-state index in [4.69, 9.17) is 0 Å². The molecule has 1 aromatic heterocycles. The first kappa shape index (κ1) is 14.8. The van der Waals surface area contributed by atoms with Crippen molar-refractivity contribution in [2.75, 3.05) is 5.32 Å². The topological polar surface area (TPSA) is 62.0 Å². The third-order valence-electron chi connectivity index (χ3n) is 7.84. The second-order valence-electron chi connectivity index (χ2n) is 8.82. The van der Waals surface area contributed by atoms with E-state index in [0.717, 1.165) is 23.8 Å². The van der Waals surface area contributed by atoms with E-state index in [9.17, 15) is 9.59 Å². The Hall–Kier alpha value is -2.36. The molecular weight excluding hydrogens is 324 g/mol. The van der Waals surface area contributed by atoms with Crippen molar-refractivity contribution in [2.24, 2.45) is 17.3 Å². The molecule has 6 rings (SSSR count). The van der Waals surface area contributed by atoms with Gasteiger partial charge in [0.1, 0.15) is 5.69 Å². The Morgan fingerprint density at radius 2 is 1.77 bits per heavy atom. The summed E-state index contributed by atoms with van der Waals surface area (Å²) in [5.74, 6) is 2.38. The second kappa shape index (κ2) is 4.87. The highest BCUT2D eigenvalue weighted by atomic mass is 16.2. The smallest absolute Gasteiger partial charge is 0.255 e. The van der Waals surface area contributed by atoms with Crippen molar-refractivity contribution in [3.8, 4) is 0 Å². The van der Waals surface area contributed by atoms with Gasteiger partial charge < -0.3 is 10.3 Å². The predicted octanol–water partition coefficient (Wildman–Crippen LogP) is 4.02. The van der Waals surface area contributed by atoms with Gasteiger partial charge in [-0.3, -0.25) is 9.59 Å². The number of carbonyl (C=O) groups excluding carboxylic acids is 1. The molecule has 26 heavy (non-hydrogen) atoms. The number of carbonyl (C=O) groups is 1. The fourth-order valence-electron chi connectivity index (χ4n) is 6.79. The van der Waals surface area contributed by atoms with Gasteiger partial charge in [-0.1, -0.05) is 18.2 Å². The number of amides is 1. The van der Waals surface area contributed by atoms with Gasteiger partial charge >= 0.3 is 0 Å². The van der Waals surface area contributed by atoms with Crippen LogP contribution < -0.4 is 10.7 Å². The quantitative estimate of drug-likeness (QED) is 0.863. The minimum atomic E-state index is -0.226. The van der Waals surface area contributed by atoms with E-state index in [1.807, 2.05) is 18.2 Å². The van der Waals surface area contributed by atoms with Gasteiger partial charge in [0.15, 0.2) is 0 Å². The summed E-state index contributed by atoms with van der Waals surface area (Å²) in [5.41, 5.74) is 3.68. The van der Waals surface area contributed by atoms with Gasteiger partial charge in [0, 0.05) is 28.9 Å². The number of aromatic nitrogens is 1. The summed E-state index contributed by atoms with van der Waals surface area (Å²) in [4.78, 5) is 29.2. The average molecular weight is 346 g/mol. The van der Waals surface area contributed by atoms with Gasteiger partial charge in [-0.05, 0) is 67.4 Å². The molecular formula is C22H22N2O2. The molecule has 5 unspecified atom stereocenters. The van der Waals surface area contributed by atoms with Crippen LogP contribution in [0.15, 0.2) is 41.3 Å². The summed E-state index contributed by atoms with van der Waals surface area (Å²) in [6.07, 6.45) is 7.93.